The van der Waals surface area contributed by atoms with Crippen molar-refractivity contribution >= 4 is 5.91 Å². The molecule has 1 N–H and O–H groups in total. The first-order chi connectivity index (χ1) is 12.7. The number of carbonyl (C=O) groups is 1. The van der Waals surface area contributed by atoms with Crippen LogP contribution in [0.1, 0.15) is 28.2 Å². The lowest BCUT2D eigenvalue weighted by atomic mass is 10.2. The van der Waals surface area contributed by atoms with Crippen molar-refractivity contribution in [1.82, 2.24) is 24.6 Å². The predicted octanol–water partition coefficient (Wildman–Crippen LogP) is 0.450. The van der Waals surface area contributed by atoms with E-state index in [4.69, 9.17) is 4.74 Å². The van der Waals surface area contributed by atoms with Gasteiger partial charge in [0.2, 0.25) is 0 Å². The first-order valence-electron chi connectivity index (χ1n) is 9.03. The molecule has 2 aliphatic rings. The number of nitrogens with one attached hydrogen (secondary N) is 1. The largest absolute Gasteiger partial charge is 0.380 e. The van der Waals surface area contributed by atoms with Gasteiger partial charge in [0.25, 0.3) is 11.5 Å². The Hall–Kier alpha value is -2.45. The lowest BCUT2D eigenvalue weighted by Crippen LogP contribution is -2.40. The average Bonchev–Trinajstić information content (AvgIpc) is 2.87. The minimum Gasteiger partial charge on any atom is -0.380 e. The molecule has 0 unspecified atom stereocenters. The van der Waals surface area contributed by atoms with E-state index in [0.717, 1.165) is 50.7 Å². The average molecular weight is 357 g/mol. The maximum Gasteiger partial charge on any atom is 0.260 e. The Morgan fingerprint density at radius 1 is 1.23 bits per heavy atom. The zero-order valence-corrected chi connectivity index (χ0v) is 14.7. The third kappa shape index (κ3) is 3.56. The third-order valence-electron chi connectivity index (χ3n) is 4.88. The molecule has 0 aliphatic carbocycles. The molecule has 0 bridgehead atoms. The van der Waals surface area contributed by atoms with Crippen molar-refractivity contribution < 1.29 is 9.53 Å². The van der Waals surface area contributed by atoms with Crippen LogP contribution in [0.4, 0.5) is 0 Å². The summed E-state index contributed by atoms with van der Waals surface area (Å²) in [6, 6.07) is 5.31. The summed E-state index contributed by atoms with van der Waals surface area (Å²) >= 11 is 0. The number of rotatable bonds is 3. The fourth-order valence-corrected chi connectivity index (χ4v) is 3.52. The highest BCUT2D eigenvalue weighted by Gasteiger charge is 2.25. The van der Waals surface area contributed by atoms with Gasteiger partial charge < -0.3 is 14.6 Å². The van der Waals surface area contributed by atoms with E-state index in [1.165, 1.54) is 6.20 Å². The molecular weight excluding hydrogens is 334 g/mol. The number of hydrogen-bond acceptors (Lipinski definition) is 5. The molecule has 138 valence electrons. The molecule has 2 aromatic rings. The number of H-pyrrole nitrogens is 1. The standard InChI is InChI=1S/C18H23N5O3/c24-17-16(3-1-4-19-17)18(25)22-6-7-23-15(13-22)11-14(20-23)12-21-5-2-9-26-10-8-21/h1,3-4,11H,2,5-10,12-13H2,(H,19,24). The van der Waals surface area contributed by atoms with Gasteiger partial charge in [0, 0.05) is 39.0 Å². The second-order valence-electron chi connectivity index (χ2n) is 6.73. The lowest BCUT2D eigenvalue weighted by Gasteiger charge is -2.27. The fourth-order valence-electron chi connectivity index (χ4n) is 3.52. The molecule has 4 heterocycles. The zero-order chi connectivity index (χ0) is 17.9. The maximum atomic E-state index is 12.6. The molecular formula is C18H23N5O3. The number of aromatic nitrogens is 3. The molecule has 8 nitrogen and oxygen atoms in total. The predicted molar refractivity (Wildman–Crippen MR) is 94.7 cm³/mol. The molecule has 1 saturated heterocycles. The molecule has 0 aromatic carbocycles. The SMILES string of the molecule is O=C(c1ccc[nH]c1=O)N1CCn2nc(CN3CCCOCC3)cc2C1. The van der Waals surface area contributed by atoms with Gasteiger partial charge in [-0.1, -0.05) is 0 Å². The van der Waals surface area contributed by atoms with Crippen LogP contribution in [0.5, 0.6) is 0 Å². The first kappa shape index (κ1) is 17.0. The Balaban J connectivity index is 1.45. The summed E-state index contributed by atoms with van der Waals surface area (Å²) in [7, 11) is 0. The number of amides is 1. The fraction of sp³-hybridized carbons (Fsp3) is 0.500. The van der Waals surface area contributed by atoms with Gasteiger partial charge in [0.05, 0.1) is 31.1 Å². The van der Waals surface area contributed by atoms with Gasteiger partial charge in [-0.3, -0.25) is 19.2 Å². The van der Waals surface area contributed by atoms with Gasteiger partial charge in [0.1, 0.15) is 5.56 Å². The van der Waals surface area contributed by atoms with E-state index in [0.29, 0.717) is 19.6 Å². The van der Waals surface area contributed by atoms with Crippen molar-refractivity contribution in [3.8, 4) is 0 Å². The van der Waals surface area contributed by atoms with Gasteiger partial charge in [0.15, 0.2) is 0 Å². The Bertz CT molecular complexity index is 835. The number of aromatic amines is 1. The van der Waals surface area contributed by atoms with Crippen LogP contribution in [0.3, 0.4) is 0 Å². The maximum absolute atomic E-state index is 12.6. The molecule has 1 fully saturated rings. The molecule has 2 aliphatic heterocycles. The number of hydrogen-bond donors (Lipinski definition) is 1. The molecule has 0 radical (unpaired) electrons. The smallest absolute Gasteiger partial charge is 0.260 e. The number of carbonyl (C=O) groups excluding carboxylic acids is 1. The van der Waals surface area contributed by atoms with E-state index in [-0.39, 0.29) is 17.0 Å². The summed E-state index contributed by atoms with van der Waals surface area (Å²) < 4.78 is 7.47. The molecule has 0 saturated carbocycles. The minimum absolute atomic E-state index is 0.185. The van der Waals surface area contributed by atoms with Crippen LogP contribution in [0.2, 0.25) is 0 Å². The lowest BCUT2D eigenvalue weighted by molar-refractivity contribution is 0.0704. The molecule has 4 rings (SSSR count). The Kier molecular flexibility index (Phi) is 4.85. The van der Waals surface area contributed by atoms with Crippen molar-refractivity contribution in [2.75, 3.05) is 32.8 Å². The molecule has 26 heavy (non-hydrogen) atoms. The quantitative estimate of drug-likeness (QED) is 0.862. The van der Waals surface area contributed by atoms with Gasteiger partial charge in [-0.25, -0.2) is 0 Å². The highest BCUT2D eigenvalue weighted by atomic mass is 16.5. The van der Waals surface area contributed by atoms with Gasteiger partial charge in [-0.05, 0) is 24.6 Å². The van der Waals surface area contributed by atoms with Crippen molar-refractivity contribution in [2.45, 2.75) is 26.1 Å². The van der Waals surface area contributed by atoms with E-state index >= 15 is 0 Å². The van der Waals surface area contributed by atoms with E-state index in [1.54, 1.807) is 17.0 Å². The van der Waals surface area contributed by atoms with Crippen molar-refractivity contribution in [3.05, 3.63) is 51.7 Å². The summed E-state index contributed by atoms with van der Waals surface area (Å²) in [4.78, 5) is 31.1. The monoisotopic (exact) mass is 357 g/mol. The van der Waals surface area contributed by atoms with Crippen LogP contribution in [-0.2, 0) is 24.4 Å². The molecule has 2 aromatic heterocycles. The third-order valence-corrected chi connectivity index (χ3v) is 4.88. The topological polar surface area (TPSA) is 83.5 Å². The Morgan fingerprint density at radius 3 is 3.04 bits per heavy atom. The molecule has 8 heteroatoms. The van der Waals surface area contributed by atoms with E-state index < -0.39 is 0 Å². The molecule has 1 amide bonds. The minimum atomic E-state index is -0.347. The summed E-state index contributed by atoms with van der Waals surface area (Å²) in [6.07, 6.45) is 2.58. The van der Waals surface area contributed by atoms with Crippen LogP contribution in [0.15, 0.2) is 29.2 Å². The van der Waals surface area contributed by atoms with E-state index in [2.05, 4.69) is 21.0 Å². The van der Waals surface area contributed by atoms with Crippen molar-refractivity contribution in [3.63, 3.8) is 0 Å². The summed E-state index contributed by atoms with van der Waals surface area (Å²) in [6.45, 7) is 6.01. The van der Waals surface area contributed by atoms with Gasteiger partial charge in [-0.2, -0.15) is 5.10 Å². The van der Waals surface area contributed by atoms with Crippen LogP contribution in [0.25, 0.3) is 0 Å². The second kappa shape index (κ2) is 7.43. The second-order valence-corrected chi connectivity index (χ2v) is 6.73. The molecule has 0 atom stereocenters. The highest BCUT2D eigenvalue weighted by molar-refractivity contribution is 5.93. The van der Waals surface area contributed by atoms with Gasteiger partial charge >= 0.3 is 0 Å². The number of ether oxygens (including phenoxy) is 1. The van der Waals surface area contributed by atoms with Crippen LogP contribution >= 0.6 is 0 Å². The molecule has 0 spiro atoms. The summed E-state index contributed by atoms with van der Waals surface area (Å²) in [5.74, 6) is -0.231. The summed E-state index contributed by atoms with van der Waals surface area (Å²) in [5.41, 5.74) is 1.87. The number of fused-ring (bicyclic) bond motifs is 1. The van der Waals surface area contributed by atoms with Gasteiger partial charge in [-0.15, -0.1) is 0 Å². The Labute approximate surface area is 151 Å². The normalized spacial score (nSPS) is 18.4. The van der Waals surface area contributed by atoms with E-state index in [9.17, 15) is 9.59 Å². The number of pyridine rings is 1. The van der Waals surface area contributed by atoms with Crippen LogP contribution in [-0.4, -0.2) is 63.3 Å². The van der Waals surface area contributed by atoms with Crippen LogP contribution in [0, 0.1) is 0 Å². The van der Waals surface area contributed by atoms with E-state index in [1.807, 2.05) is 4.68 Å². The van der Waals surface area contributed by atoms with Crippen LogP contribution < -0.4 is 5.56 Å². The highest BCUT2D eigenvalue weighted by Crippen LogP contribution is 2.17. The van der Waals surface area contributed by atoms with Crippen molar-refractivity contribution in [1.29, 1.82) is 0 Å². The zero-order valence-electron chi connectivity index (χ0n) is 14.7. The van der Waals surface area contributed by atoms with Crippen molar-refractivity contribution in [2.24, 2.45) is 0 Å². The number of nitrogens with zero attached hydrogens (tertiary/aromatic N) is 4. The first-order valence-corrected chi connectivity index (χ1v) is 9.03. The summed E-state index contributed by atoms with van der Waals surface area (Å²) in [5, 5.41) is 4.69. The Morgan fingerprint density at radius 2 is 2.15 bits per heavy atom.